The van der Waals surface area contributed by atoms with Crippen LogP contribution in [0.15, 0.2) is 83.6 Å². The van der Waals surface area contributed by atoms with Crippen LogP contribution in [0.25, 0.3) is 38.6 Å². The summed E-state index contributed by atoms with van der Waals surface area (Å²) in [6.45, 7) is 2.46. The number of nitrogens with one attached hydrogen (secondary N) is 2. The Bertz CT molecular complexity index is 1560. The lowest BCUT2D eigenvalue weighted by atomic mass is 9.99. The van der Waals surface area contributed by atoms with Crippen molar-refractivity contribution in [2.45, 2.75) is 13.3 Å². The average Bonchev–Trinajstić information content (AvgIpc) is 3.52. The Morgan fingerprint density at radius 3 is 2.61 bits per heavy atom. The van der Waals surface area contributed by atoms with Crippen LogP contribution >= 0.6 is 0 Å². The number of aromatic amines is 1. The van der Waals surface area contributed by atoms with Gasteiger partial charge in [-0.3, -0.25) is 4.79 Å². The largest absolute Gasteiger partial charge is 0.497 e. The van der Waals surface area contributed by atoms with Gasteiger partial charge in [0.1, 0.15) is 17.1 Å². The van der Waals surface area contributed by atoms with E-state index < -0.39 is 0 Å². The Hall–Kier alpha value is -4.45. The average molecular weight is 481 g/mol. The lowest BCUT2D eigenvalue weighted by Crippen LogP contribution is -2.23. The smallest absolute Gasteiger partial charge is 0.244 e. The van der Waals surface area contributed by atoms with E-state index in [0.29, 0.717) is 12.3 Å². The number of aromatic nitrogens is 1. The van der Waals surface area contributed by atoms with E-state index in [1.807, 2.05) is 67.7 Å². The number of amides is 1. The molecule has 0 saturated heterocycles. The van der Waals surface area contributed by atoms with Gasteiger partial charge in [-0.05, 0) is 54.3 Å². The number of ether oxygens (including phenoxy) is 2. The molecular formula is C30H28N2O4. The fourth-order valence-electron chi connectivity index (χ4n) is 4.51. The molecule has 0 bridgehead atoms. The number of hydrogen-bond acceptors (Lipinski definition) is 4. The lowest BCUT2D eigenvalue weighted by molar-refractivity contribution is -0.116. The van der Waals surface area contributed by atoms with E-state index in [9.17, 15) is 4.79 Å². The van der Waals surface area contributed by atoms with Crippen LogP contribution in [0.5, 0.6) is 11.5 Å². The molecule has 0 aliphatic carbocycles. The highest BCUT2D eigenvalue weighted by Gasteiger charge is 2.15. The predicted molar refractivity (Wildman–Crippen MR) is 143 cm³/mol. The van der Waals surface area contributed by atoms with Crippen molar-refractivity contribution in [1.29, 1.82) is 0 Å². The highest BCUT2D eigenvalue weighted by molar-refractivity contribution is 6.00. The molecule has 182 valence electrons. The van der Waals surface area contributed by atoms with Crippen molar-refractivity contribution >= 4 is 33.4 Å². The zero-order valence-corrected chi connectivity index (χ0v) is 20.6. The van der Waals surface area contributed by atoms with Crippen molar-refractivity contribution in [1.82, 2.24) is 10.3 Å². The highest BCUT2D eigenvalue weighted by Crippen LogP contribution is 2.37. The summed E-state index contributed by atoms with van der Waals surface area (Å²) in [5.74, 6) is 1.30. The van der Waals surface area contributed by atoms with E-state index in [-0.39, 0.29) is 5.91 Å². The van der Waals surface area contributed by atoms with Crippen LogP contribution in [-0.4, -0.2) is 31.7 Å². The molecule has 3 aromatic carbocycles. The molecule has 0 atom stereocenters. The number of benzene rings is 3. The number of furan rings is 1. The van der Waals surface area contributed by atoms with Gasteiger partial charge in [-0.2, -0.15) is 0 Å². The molecule has 36 heavy (non-hydrogen) atoms. The minimum Gasteiger partial charge on any atom is -0.497 e. The summed E-state index contributed by atoms with van der Waals surface area (Å²) in [5.41, 5.74) is 6.63. The second-order valence-electron chi connectivity index (χ2n) is 8.65. The van der Waals surface area contributed by atoms with Gasteiger partial charge in [-0.15, -0.1) is 0 Å². The summed E-state index contributed by atoms with van der Waals surface area (Å²) in [5, 5.41) is 5.14. The van der Waals surface area contributed by atoms with Crippen LogP contribution in [0, 0.1) is 0 Å². The zero-order chi connectivity index (χ0) is 25.1. The normalized spacial score (nSPS) is 11.7. The molecule has 2 aromatic heterocycles. The van der Waals surface area contributed by atoms with E-state index in [1.54, 1.807) is 26.6 Å². The molecule has 0 aliphatic heterocycles. The van der Waals surface area contributed by atoms with Crippen LogP contribution in [0.3, 0.4) is 0 Å². The fraction of sp³-hybridized carbons (Fsp3) is 0.167. The third-order valence-corrected chi connectivity index (χ3v) is 6.44. The first-order chi connectivity index (χ1) is 17.6. The van der Waals surface area contributed by atoms with Crippen molar-refractivity contribution in [3.8, 4) is 22.6 Å². The Labute approximate surface area is 209 Å². The van der Waals surface area contributed by atoms with Crippen molar-refractivity contribution in [2.24, 2.45) is 0 Å². The summed E-state index contributed by atoms with van der Waals surface area (Å²) < 4.78 is 16.7. The number of allylic oxidation sites excluding steroid dienone is 1. The highest BCUT2D eigenvalue weighted by atomic mass is 16.5. The summed E-state index contributed by atoms with van der Waals surface area (Å²) in [4.78, 5) is 16.0. The van der Waals surface area contributed by atoms with Gasteiger partial charge in [0.25, 0.3) is 0 Å². The van der Waals surface area contributed by atoms with Crippen molar-refractivity contribution in [3.05, 3.63) is 90.3 Å². The molecule has 0 radical (unpaired) electrons. The Balaban J connectivity index is 1.35. The number of hydrogen-bond donors (Lipinski definition) is 2. The molecule has 6 nitrogen and oxygen atoms in total. The van der Waals surface area contributed by atoms with Gasteiger partial charge >= 0.3 is 0 Å². The van der Waals surface area contributed by atoms with Gasteiger partial charge in [-0.25, -0.2) is 0 Å². The number of fused-ring (bicyclic) bond motifs is 2. The van der Waals surface area contributed by atoms with E-state index in [0.717, 1.165) is 50.9 Å². The summed E-state index contributed by atoms with van der Waals surface area (Å²) in [6, 6.07) is 19.9. The van der Waals surface area contributed by atoms with Crippen molar-refractivity contribution < 1.29 is 18.7 Å². The molecule has 1 amide bonds. The molecule has 0 unspecified atom stereocenters. The topological polar surface area (TPSA) is 76.5 Å². The number of rotatable bonds is 8. The quantitative estimate of drug-likeness (QED) is 0.253. The molecule has 0 spiro atoms. The Morgan fingerprint density at radius 2 is 1.83 bits per heavy atom. The van der Waals surface area contributed by atoms with Crippen LogP contribution in [0.2, 0.25) is 0 Å². The number of para-hydroxylation sites is 1. The first-order valence-corrected chi connectivity index (χ1v) is 11.8. The molecule has 0 aliphatic rings. The lowest BCUT2D eigenvalue weighted by Gasteiger charge is -2.10. The minimum absolute atomic E-state index is 0.142. The standard InChI is InChI=1S/C30H28N2O4/c1-19(14-30(33)31-13-12-21-17-32-27-7-5-4-6-23(21)27)24-15-25-26(18-36-29(25)16-28(24)35-3)20-8-10-22(34-2)11-9-20/h4-11,14-18,32H,12-13H2,1-3H3,(H,31,33)/b19-14+. The van der Waals surface area contributed by atoms with Gasteiger partial charge in [-0.1, -0.05) is 30.3 Å². The van der Waals surface area contributed by atoms with Gasteiger partial charge in [0, 0.05) is 52.3 Å². The number of methoxy groups -OCH3 is 2. The molecule has 5 rings (SSSR count). The zero-order valence-electron chi connectivity index (χ0n) is 20.6. The summed E-state index contributed by atoms with van der Waals surface area (Å²) in [7, 11) is 3.26. The summed E-state index contributed by atoms with van der Waals surface area (Å²) in [6.07, 6.45) is 6.11. The maximum atomic E-state index is 12.7. The Kier molecular flexibility index (Phi) is 6.50. The van der Waals surface area contributed by atoms with Crippen LogP contribution in [0.1, 0.15) is 18.1 Å². The molecule has 5 aromatic rings. The maximum absolute atomic E-state index is 12.7. The molecule has 0 saturated carbocycles. The van der Waals surface area contributed by atoms with Gasteiger partial charge in [0.2, 0.25) is 5.91 Å². The van der Waals surface area contributed by atoms with Crippen LogP contribution in [-0.2, 0) is 11.2 Å². The molecule has 2 N–H and O–H groups in total. The van der Waals surface area contributed by atoms with Gasteiger partial charge in [0.05, 0.1) is 20.5 Å². The first kappa shape index (κ1) is 23.3. The first-order valence-electron chi connectivity index (χ1n) is 11.8. The van der Waals surface area contributed by atoms with E-state index in [2.05, 4.69) is 16.4 Å². The maximum Gasteiger partial charge on any atom is 0.244 e. The number of H-pyrrole nitrogens is 1. The minimum atomic E-state index is -0.142. The second kappa shape index (κ2) is 10.0. The monoisotopic (exact) mass is 480 g/mol. The Morgan fingerprint density at radius 1 is 1.03 bits per heavy atom. The third-order valence-electron chi connectivity index (χ3n) is 6.44. The third kappa shape index (κ3) is 4.58. The van der Waals surface area contributed by atoms with Gasteiger partial charge < -0.3 is 24.2 Å². The second-order valence-corrected chi connectivity index (χ2v) is 8.65. The van der Waals surface area contributed by atoms with Crippen LogP contribution in [0.4, 0.5) is 0 Å². The fourth-order valence-corrected chi connectivity index (χ4v) is 4.51. The SMILES string of the molecule is COc1ccc(-c2coc3cc(OC)c(/C(C)=C/C(=O)NCCc4c[nH]c5ccccc45)cc23)cc1. The van der Waals surface area contributed by atoms with Crippen molar-refractivity contribution in [3.63, 3.8) is 0 Å². The molecule has 0 fully saturated rings. The van der Waals surface area contributed by atoms with Crippen molar-refractivity contribution in [2.75, 3.05) is 20.8 Å². The van der Waals surface area contributed by atoms with Crippen LogP contribution < -0.4 is 14.8 Å². The molecule has 2 heterocycles. The predicted octanol–water partition coefficient (Wildman–Crippen LogP) is 6.36. The number of carbonyl (C=O) groups excluding carboxylic acids is 1. The molecular weight excluding hydrogens is 452 g/mol. The number of carbonyl (C=O) groups is 1. The summed E-state index contributed by atoms with van der Waals surface area (Å²) >= 11 is 0. The van der Waals surface area contributed by atoms with Gasteiger partial charge in [0.15, 0.2) is 0 Å². The van der Waals surface area contributed by atoms with E-state index in [4.69, 9.17) is 13.9 Å². The van der Waals surface area contributed by atoms with E-state index in [1.165, 1.54) is 10.9 Å². The molecule has 6 heteroatoms. The van der Waals surface area contributed by atoms with E-state index >= 15 is 0 Å².